The van der Waals surface area contributed by atoms with E-state index in [1.54, 1.807) is 6.20 Å². The van der Waals surface area contributed by atoms with Crippen LogP contribution in [0.5, 0.6) is 0 Å². The summed E-state index contributed by atoms with van der Waals surface area (Å²) in [6.07, 6.45) is 1.59. The van der Waals surface area contributed by atoms with Crippen LogP contribution in [0.2, 0.25) is 0 Å². The van der Waals surface area contributed by atoms with E-state index in [9.17, 15) is 4.79 Å². The van der Waals surface area contributed by atoms with E-state index in [1.807, 2.05) is 18.2 Å². The van der Waals surface area contributed by atoms with Crippen molar-refractivity contribution in [1.29, 1.82) is 0 Å². The summed E-state index contributed by atoms with van der Waals surface area (Å²) in [5.41, 5.74) is 1.95. The van der Waals surface area contributed by atoms with Gasteiger partial charge in [0.25, 0.3) is 0 Å². The number of nitrogens with one attached hydrogen (secondary N) is 1. The van der Waals surface area contributed by atoms with Crippen LogP contribution in [0.1, 0.15) is 0 Å². The van der Waals surface area contributed by atoms with E-state index in [1.165, 1.54) is 0 Å². The molecule has 0 amide bonds. The van der Waals surface area contributed by atoms with Gasteiger partial charge in [0.2, 0.25) is 0 Å². The van der Waals surface area contributed by atoms with E-state index in [0.29, 0.717) is 11.1 Å². The van der Waals surface area contributed by atoms with Gasteiger partial charge in [0.1, 0.15) is 5.52 Å². The molecule has 0 radical (unpaired) electrons. The number of aromatic nitrogens is 2. The van der Waals surface area contributed by atoms with Crippen LogP contribution >= 0.6 is 15.9 Å². The van der Waals surface area contributed by atoms with Crippen molar-refractivity contribution in [2.45, 2.75) is 0 Å². The van der Waals surface area contributed by atoms with Crippen LogP contribution in [0.4, 0.5) is 0 Å². The third-order valence-electron chi connectivity index (χ3n) is 2.23. The van der Waals surface area contributed by atoms with Gasteiger partial charge in [-0.2, -0.15) is 0 Å². The molecule has 5 heteroatoms. The fourth-order valence-electron chi connectivity index (χ4n) is 1.59. The van der Waals surface area contributed by atoms with Gasteiger partial charge in [-0.3, -0.25) is 9.97 Å². The highest BCUT2D eigenvalue weighted by Gasteiger charge is 2.08. The third-order valence-corrected chi connectivity index (χ3v) is 2.87. The lowest BCUT2D eigenvalue weighted by Crippen LogP contribution is -1.92. The molecule has 15 heavy (non-hydrogen) atoms. The molecule has 2 aromatic heterocycles. The Morgan fingerprint density at radius 1 is 1.40 bits per heavy atom. The van der Waals surface area contributed by atoms with E-state index in [2.05, 4.69) is 25.9 Å². The number of hydrogen-bond donors (Lipinski definition) is 1. The van der Waals surface area contributed by atoms with Crippen molar-refractivity contribution in [2.75, 3.05) is 0 Å². The molecule has 0 aliphatic rings. The molecule has 2 heterocycles. The van der Waals surface area contributed by atoms with Gasteiger partial charge < -0.3 is 4.42 Å². The molecule has 0 saturated carbocycles. The van der Waals surface area contributed by atoms with Crippen LogP contribution in [-0.4, -0.2) is 9.97 Å². The van der Waals surface area contributed by atoms with Gasteiger partial charge in [0.15, 0.2) is 5.58 Å². The number of oxazole rings is 1. The topological polar surface area (TPSA) is 58.9 Å². The van der Waals surface area contributed by atoms with E-state index in [4.69, 9.17) is 4.42 Å². The standard InChI is InChI=1S/C10H5BrN2O2/c11-6-3-1-2-5-8(6)12-4-7-9(5)15-10(14)13-7/h1-4H,(H,13,14). The summed E-state index contributed by atoms with van der Waals surface area (Å²) in [4.78, 5) is 17.9. The number of pyridine rings is 1. The average molecular weight is 265 g/mol. The first-order chi connectivity index (χ1) is 7.25. The van der Waals surface area contributed by atoms with Gasteiger partial charge in [-0.15, -0.1) is 0 Å². The van der Waals surface area contributed by atoms with Gasteiger partial charge in [-0.1, -0.05) is 6.07 Å². The number of fused-ring (bicyclic) bond motifs is 3. The predicted molar refractivity (Wildman–Crippen MR) is 59.8 cm³/mol. The van der Waals surface area contributed by atoms with Crippen LogP contribution in [0.3, 0.4) is 0 Å². The maximum Gasteiger partial charge on any atom is 0.417 e. The Labute approximate surface area is 92.1 Å². The lowest BCUT2D eigenvalue weighted by Gasteiger charge is -1.98. The monoisotopic (exact) mass is 264 g/mol. The summed E-state index contributed by atoms with van der Waals surface area (Å²) in [7, 11) is 0. The van der Waals surface area contributed by atoms with E-state index >= 15 is 0 Å². The number of H-pyrrole nitrogens is 1. The molecule has 0 aliphatic heterocycles. The highest BCUT2D eigenvalue weighted by Crippen LogP contribution is 2.26. The van der Waals surface area contributed by atoms with Crippen molar-refractivity contribution < 1.29 is 4.42 Å². The molecule has 0 bridgehead atoms. The Kier molecular flexibility index (Phi) is 1.70. The fraction of sp³-hybridized carbons (Fsp3) is 0. The summed E-state index contributed by atoms with van der Waals surface area (Å²) in [6, 6.07) is 5.64. The molecular formula is C10H5BrN2O2. The summed E-state index contributed by atoms with van der Waals surface area (Å²) < 4.78 is 5.94. The van der Waals surface area contributed by atoms with E-state index < -0.39 is 5.76 Å². The maximum atomic E-state index is 11.1. The SMILES string of the molecule is O=c1[nH]c2cnc3c(Br)cccc3c2o1. The second-order valence-electron chi connectivity index (χ2n) is 3.15. The fourth-order valence-corrected chi connectivity index (χ4v) is 2.06. The number of hydrogen-bond acceptors (Lipinski definition) is 3. The normalized spacial score (nSPS) is 11.3. The van der Waals surface area contributed by atoms with Crippen LogP contribution < -0.4 is 5.76 Å². The predicted octanol–water partition coefficient (Wildman–Crippen LogP) is 2.43. The van der Waals surface area contributed by atoms with Gasteiger partial charge in [-0.05, 0) is 28.1 Å². The van der Waals surface area contributed by atoms with E-state index in [-0.39, 0.29) is 0 Å². The molecule has 0 unspecified atom stereocenters. The quantitative estimate of drug-likeness (QED) is 0.679. The molecule has 3 rings (SSSR count). The van der Waals surface area contributed by atoms with Crippen molar-refractivity contribution in [3.05, 3.63) is 39.4 Å². The zero-order valence-corrected chi connectivity index (χ0v) is 9.04. The minimum absolute atomic E-state index is 0.459. The second kappa shape index (κ2) is 2.93. The first kappa shape index (κ1) is 8.67. The van der Waals surface area contributed by atoms with Crippen molar-refractivity contribution in [1.82, 2.24) is 9.97 Å². The molecule has 4 nitrogen and oxygen atoms in total. The summed E-state index contributed by atoms with van der Waals surface area (Å²) in [6.45, 7) is 0. The summed E-state index contributed by atoms with van der Waals surface area (Å²) >= 11 is 3.40. The lowest BCUT2D eigenvalue weighted by atomic mass is 10.2. The number of para-hydroxylation sites is 1. The molecule has 3 aromatic rings. The smallest absolute Gasteiger partial charge is 0.407 e. The molecule has 0 aliphatic carbocycles. The Morgan fingerprint density at radius 3 is 3.13 bits per heavy atom. The highest BCUT2D eigenvalue weighted by molar-refractivity contribution is 9.10. The van der Waals surface area contributed by atoms with Crippen LogP contribution in [0.15, 0.2) is 38.1 Å². The summed E-state index contributed by atoms with van der Waals surface area (Å²) in [5, 5.41) is 0.820. The molecule has 0 fully saturated rings. The Balaban J connectivity index is 2.65. The molecule has 1 N–H and O–H groups in total. The lowest BCUT2D eigenvalue weighted by molar-refractivity contribution is 0.558. The molecule has 0 spiro atoms. The number of rotatable bonds is 0. The Bertz CT molecular complexity index is 714. The molecular weight excluding hydrogens is 260 g/mol. The van der Waals surface area contributed by atoms with Gasteiger partial charge in [0.05, 0.1) is 11.7 Å². The van der Waals surface area contributed by atoms with Gasteiger partial charge >= 0.3 is 5.76 Å². The van der Waals surface area contributed by atoms with E-state index in [0.717, 1.165) is 15.4 Å². The molecule has 74 valence electrons. The highest BCUT2D eigenvalue weighted by atomic mass is 79.9. The van der Waals surface area contributed by atoms with Gasteiger partial charge in [0, 0.05) is 9.86 Å². The first-order valence-electron chi connectivity index (χ1n) is 4.32. The molecule has 0 atom stereocenters. The summed E-state index contributed by atoms with van der Waals surface area (Å²) in [5.74, 6) is -0.459. The maximum absolute atomic E-state index is 11.1. The van der Waals surface area contributed by atoms with Crippen molar-refractivity contribution in [3.8, 4) is 0 Å². The van der Waals surface area contributed by atoms with Crippen molar-refractivity contribution in [2.24, 2.45) is 0 Å². The second-order valence-corrected chi connectivity index (χ2v) is 4.01. The zero-order chi connectivity index (χ0) is 10.4. The minimum Gasteiger partial charge on any atom is -0.407 e. The van der Waals surface area contributed by atoms with Gasteiger partial charge in [-0.25, -0.2) is 4.79 Å². The first-order valence-corrected chi connectivity index (χ1v) is 5.11. The van der Waals surface area contributed by atoms with Crippen molar-refractivity contribution in [3.63, 3.8) is 0 Å². The van der Waals surface area contributed by atoms with Crippen LogP contribution in [-0.2, 0) is 0 Å². The third kappa shape index (κ3) is 1.20. The number of nitrogens with zero attached hydrogens (tertiary/aromatic N) is 1. The van der Waals surface area contributed by atoms with Crippen LogP contribution in [0.25, 0.3) is 22.0 Å². The minimum atomic E-state index is -0.459. The largest absolute Gasteiger partial charge is 0.417 e. The number of aromatic amines is 1. The van der Waals surface area contributed by atoms with Crippen LogP contribution in [0, 0.1) is 0 Å². The van der Waals surface area contributed by atoms with Crippen molar-refractivity contribution >= 4 is 37.9 Å². The Hall–Kier alpha value is -1.62. The molecule has 1 aromatic carbocycles. The number of benzene rings is 1. The Morgan fingerprint density at radius 2 is 2.27 bits per heavy atom. The zero-order valence-electron chi connectivity index (χ0n) is 7.45. The molecule has 0 saturated heterocycles. The average Bonchev–Trinajstić information content (AvgIpc) is 2.59. The number of halogens is 1.